The molecule has 0 unspecified atom stereocenters. The van der Waals surface area contributed by atoms with E-state index in [1.54, 1.807) is 24.0 Å². The molecule has 2 aromatic rings. The fraction of sp³-hybridized carbons (Fsp3) is 0.111. The molecule has 2 rings (SSSR count). The number of aromatic carboxylic acids is 1. The lowest BCUT2D eigenvalue weighted by Crippen LogP contribution is -2.01. The Balaban J connectivity index is 2.50. The smallest absolute Gasteiger partial charge is 0.337 e. The molecule has 0 fully saturated rings. The van der Waals surface area contributed by atoms with Crippen LogP contribution in [0.25, 0.3) is 11.5 Å². The summed E-state index contributed by atoms with van der Waals surface area (Å²) >= 11 is 0. The zero-order chi connectivity index (χ0) is 10.8. The SMILES string of the molecule is Cn1ccnc1-c1cc(C(=O)O)cnn1. The van der Waals surface area contributed by atoms with E-state index in [0.717, 1.165) is 0 Å². The zero-order valence-electron chi connectivity index (χ0n) is 7.95. The van der Waals surface area contributed by atoms with Crippen LogP contribution in [0.4, 0.5) is 0 Å². The highest BCUT2D eigenvalue weighted by Gasteiger charge is 2.09. The summed E-state index contributed by atoms with van der Waals surface area (Å²) in [6.07, 6.45) is 4.57. The number of carbonyl (C=O) groups is 1. The van der Waals surface area contributed by atoms with E-state index in [4.69, 9.17) is 5.11 Å². The Labute approximate surface area is 85.2 Å². The molecule has 0 saturated heterocycles. The van der Waals surface area contributed by atoms with Crippen LogP contribution in [0.5, 0.6) is 0 Å². The summed E-state index contributed by atoms with van der Waals surface area (Å²) < 4.78 is 1.75. The summed E-state index contributed by atoms with van der Waals surface area (Å²) in [4.78, 5) is 14.8. The lowest BCUT2D eigenvalue weighted by Gasteiger charge is -2.00. The second-order valence-corrected chi connectivity index (χ2v) is 3.00. The van der Waals surface area contributed by atoms with Crippen molar-refractivity contribution >= 4 is 5.97 Å². The van der Waals surface area contributed by atoms with E-state index >= 15 is 0 Å². The molecular weight excluding hydrogens is 196 g/mol. The van der Waals surface area contributed by atoms with Gasteiger partial charge in [0, 0.05) is 19.4 Å². The van der Waals surface area contributed by atoms with E-state index in [-0.39, 0.29) is 5.56 Å². The second-order valence-electron chi connectivity index (χ2n) is 3.00. The third-order valence-electron chi connectivity index (χ3n) is 1.95. The number of hydrogen-bond donors (Lipinski definition) is 1. The predicted molar refractivity (Wildman–Crippen MR) is 51.2 cm³/mol. The normalized spacial score (nSPS) is 10.2. The number of aromatic nitrogens is 4. The average molecular weight is 204 g/mol. The van der Waals surface area contributed by atoms with Crippen LogP contribution >= 0.6 is 0 Å². The Morgan fingerprint density at radius 3 is 2.93 bits per heavy atom. The maximum absolute atomic E-state index is 10.7. The molecule has 0 spiro atoms. The molecule has 1 N–H and O–H groups in total. The van der Waals surface area contributed by atoms with Crippen molar-refractivity contribution < 1.29 is 9.90 Å². The van der Waals surface area contributed by atoms with Gasteiger partial charge < -0.3 is 9.67 Å². The van der Waals surface area contributed by atoms with Gasteiger partial charge in [0.1, 0.15) is 5.69 Å². The average Bonchev–Trinajstić information content (AvgIpc) is 2.64. The lowest BCUT2D eigenvalue weighted by molar-refractivity contribution is 0.0696. The molecule has 0 aliphatic rings. The quantitative estimate of drug-likeness (QED) is 0.773. The third kappa shape index (κ3) is 1.69. The maximum Gasteiger partial charge on any atom is 0.337 e. The molecule has 2 aromatic heterocycles. The standard InChI is InChI=1S/C9H8N4O2/c1-13-3-2-10-8(13)7-4-6(9(14)15)5-11-12-7/h2-5H,1H3,(H,14,15). The Kier molecular flexibility index (Phi) is 2.17. The molecule has 0 saturated carbocycles. The molecule has 15 heavy (non-hydrogen) atoms. The van der Waals surface area contributed by atoms with Crippen molar-refractivity contribution in [1.82, 2.24) is 19.7 Å². The summed E-state index contributed by atoms with van der Waals surface area (Å²) in [7, 11) is 1.80. The molecule has 0 amide bonds. The molecular formula is C9H8N4O2. The van der Waals surface area contributed by atoms with Gasteiger partial charge in [-0.05, 0) is 6.07 Å². The molecule has 0 radical (unpaired) electrons. The minimum atomic E-state index is -1.03. The number of aryl methyl sites for hydroxylation is 1. The van der Waals surface area contributed by atoms with Crippen molar-refractivity contribution in [2.75, 3.05) is 0 Å². The lowest BCUT2D eigenvalue weighted by atomic mass is 10.2. The van der Waals surface area contributed by atoms with E-state index in [2.05, 4.69) is 15.2 Å². The van der Waals surface area contributed by atoms with Crippen LogP contribution in [0.15, 0.2) is 24.7 Å². The van der Waals surface area contributed by atoms with Crippen molar-refractivity contribution in [1.29, 1.82) is 0 Å². The van der Waals surface area contributed by atoms with E-state index in [1.165, 1.54) is 12.3 Å². The summed E-state index contributed by atoms with van der Waals surface area (Å²) in [5.74, 6) is -0.439. The number of hydrogen-bond acceptors (Lipinski definition) is 4. The maximum atomic E-state index is 10.7. The van der Waals surface area contributed by atoms with Crippen molar-refractivity contribution in [2.24, 2.45) is 7.05 Å². The Bertz CT molecular complexity index is 506. The van der Waals surface area contributed by atoms with Gasteiger partial charge in [-0.15, -0.1) is 5.10 Å². The zero-order valence-corrected chi connectivity index (χ0v) is 7.95. The molecule has 76 valence electrons. The first-order valence-electron chi connectivity index (χ1n) is 4.22. The number of imidazole rings is 1. The van der Waals surface area contributed by atoms with Crippen molar-refractivity contribution in [3.63, 3.8) is 0 Å². The predicted octanol–water partition coefficient (Wildman–Crippen LogP) is 0.575. The largest absolute Gasteiger partial charge is 0.478 e. The highest BCUT2D eigenvalue weighted by molar-refractivity contribution is 5.88. The minimum absolute atomic E-state index is 0.100. The third-order valence-corrected chi connectivity index (χ3v) is 1.95. The first kappa shape index (κ1) is 9.32. The van der Waals surface area contributed by atoms with Crippen molar-refractivity contribution in [3.8, 4) is 11.5 Å². The molecule has 2 heterocycles. The number of rotatable bonds is 2. The van der Waals surface area contributed by atoms with Crippen LogP contribution in [-0.2, 0) is 7.05 Å². The Morgan fingerprint density at radius 2 is 2.33 bits per heavy atom. The molecule has 0 atom stereocenters. The highest BCUT2D eigenvalue weighted by atomic mass is 16.4. The van der Waals surface area contributed by atoms with Gasteiger partial charge in [0.15, 0.2) is 5.82 Å². The van der Waals surface area contributed by atoms with Crippen molar-refractivity contribution in [2.45, 2.75) is 0 Å². The summed E-state index contributed by atoms with van der Waals surface area (Å²) in [5.41, 5.74) is 0.547. The molecule has 0 bridgehead atoms. The monoisotopic (exact) mass is 204 g/mol. The number of carboxylic acids is 1. The van der Waals surface area contributed by atoms with E-state index in [1.807, 2.05) is 0 Å². The van der Waals surface area contributed by atoms with E-state index < -0.39 is 5.97 Å². The van der Waals surface area contributed by atoms with Crippen LogP contribution < -0.4 is 0 Å². The van der Waals surface area contributed by atoms with Gasteiger partial charge >= 0.3 is 5.97 Å². The minimum Gasteiger partial charge on any atom is -0.478 e. The Hall–Kier alpha value is -2.24. The van der Waals surface area contributed by atoms with Crippen LogP contribution in [0.3, 0.4) is 0 Å². The van der Waals surface area contributed by atoms with Gasteiger partial charge in [0.05, 0.1) is 11.8 Å². The van der Waals surface area contributed by atoms with E-state index in [9.17, 15) is 4.79 Å². The summed E-state index contributed by atoms with van der Waals surface area (Å²) in [6.45, 7) is 0. The van der Waals surface area contributed by atoms with Crippen molar-refractivity contribution in [3.05, 3.63) is 30.2 Å². The fourth-order valence-corrected chi connectivity index (χ4v) is 1.21. The molecule has 6 nitrogen and oxygen atoms in total. The van der Waals surface area contributed by atoms with Gasteiger partial charge in [-0.3, -0.25) is 0 Å². The summed E-state index contributed by atoms with van der Waals surface area (Å²) in [5, 5.41) is 16.2. The van der Waals surface area contributed by atoms with Gasteiger partial charge in [0.2, 0.25) is 0 Å². The number of carboxylic acid groups (broad SMARTS) is 1. The van der Waals surface area contributed by atoms with Gasteiger partial charge in [0.25, 0.3) is 0 Å². The van der Waals surface area contributed by atoms with Gasteiger partial charge in [-0.1, -0.05) is 0 Å². The van der Waals surface area contributed by atoms with Crippen LogP contribution in [-0.4, -0.2) is 30.8 Å². The van der Waals surface area contributed by atoms with Crippen LogP contribution in [0.1, 0.15) is 10.4 Å². The van der Waals surface area contributed by atoms with Gasteiger partial charge in [-0.25, -0.2) is 9.78 Å². The first-order chi connectivity index (χ1) is 7.18. The summed E-state index contributed by atoms with van der Waals surface area (Å²) in [6, 6.07) is 1.44. The molecule has 0 aromatic carbocycles. The Morgan fingerprint density at radius 1 is 1.53 bits per heavy atom. The van der Waals surface area contributed by atoms with Gasteiger partial charge in [-0.2, -0.15) is 5.10 Å². The second kappa shape index (κ2) is 3.49. The van der Waals surface area contributed by atoms with Crippen LogP contribution in [0.2, 0.25) is 0 Å². The highest BCUT2D eigenvalue weighted by Crippen LogP contribution is 2.13. The van der Waals surface area contributed by atoms with E-state index in [0.29, 0.717) is 11.5 Å². The first-order valence-corrected chi connectivity index (χ1v) is 4.22. The van der Waals surface area contributed by atoms with Crippen LogP contribution in [0, 0.1) is 0 Å². The number of nitrogens with zero attached hydrogens (tertiary/aromatic N) is 4. The molecule has 0 aliphatic carbocycles. The molecule has 6 heteroatoms. The molecule has 0 aliphatic heterocycles. The fourth-order valence-electron chi connectivity index (χ4n) is 1.21. The topological polar surface area (TPSA) is 80.9 Å².